The Morgan fingerprint density at radius 3 is 2.59 bits per heavy atom. The van der Waals surface area contributed by atoms with Crippen LogP contribution in [0.5, 0.6) is 0 Å². The first-order chi connectivity index (χ1) is 12.9. The Kier molecular flexibility index (Phi) is 6.01. The smallest absolute Gasteiger partial charge is 0.249 e. The zero-order chi connectivity index (χ0) is 19.6. The maximum atomic E-state index is 12.8. The molecule has 2 fully saturated rings. The van der Waals surface area contributed by atoms with Crippen molar-refractivity contribution < 1.29 is 19.5 Å². The van der Waals surface area contributed by atoms with Crippen LogP contribution in [0.2, 0.25) is 5.02 Å². The predicted octanol–water partition coefficient (Wildman–Crippen LogP) is 1.23. The number of halogens is 1. The quantitative estimate of drug-likeness (QED) is 0.676. The number of carbonyl (C=O) groups excluding carboxylic acids is 3. The minimum Gasteiger partial charge on any atom is -0.391 e. The molecule has 27 heavy (non-hydrogen) atoms. The molecule has 1 aliphatic carbocycles. The number of anilines is 1. The highest BCUT2D eigenvalue weighted by Gasteiger charge is 2.37. The number of piperidine rings is 1. The van der Waals surface area contributed by atoms with Gasteiger partial charge < -0.3 is 20.6 Å². The van der Waals surface area contributed by atoms with E-state index < -0.39 is 24.1 Å². The van der Waals surface area contributed by atoms with E-state index in [1.165, 1.54) is 6.92 Å². The molecule has 1 saturated heterocycles. The maximum Gasteiger partial charge on any atom is 0.249 e. The SMILES string of the molecule is CC(O)C(NC(=O)C1CC1)C(=O)NC1CCCN(c2ccccc2Cl)C1=O. The zero-order valence-electron chi connectivity index (χ0n) is 15.2. The van der Waals surface area contributed by atoms with E-state index in [2.05, 4.69) is 10.6 Å². The van der Waals surface area contributed by atoms with Crippen molar-refractivity contribution in [2.45, 2.75) is 50.8 Å². The standard InChI is InChI=1S/C19H24ClN3O4/c1-11(24)16(22-17(25)12-8-9-12)18(26)21-14-6-4-10-23(19(14)27)15-7-3-2-5-13(15)20/h2-3,5,7,11-12,14,16,24H,4,6,8-10H2,1H3,(H,21,26)(H,22,25). The van der Waals surface area contributed by atoms with E-state index in [1.54, 1.807) is 29.2 Å². The largest absolute Gasteiger partial charge is 0.391 e. The summed E-state index contributed by atoms with van der Waals surface area (Å²) in [7, 11) is 0. The lowest BCUT2D eigenvalue weighted by Gasteiger charge is -2.34. The molecule has 3 N–H and O–H groups in total. The number of nitrogens with one attached hydrogen (secondary N) is 2. The van der Waals surface area contributed by atoms with Crippen LogP contribution in [0.1, 0.15) is 32.6 Å². The second kappa shape index (κ2) is 8.27. The summed E-state index contributed by atoms with van der Waals surface area (Å²) in [5.41, 5.74) is 0.609. The van der Waals surface area contributed by atoms with Gasteiger partial charge in [0.1, 0.15) is 12.1 Å². The molecule has 0 spiro atoms. The number of para-hydroxylation sites is 1. The first-order valence-electron chi connectivity index (χ1n) is 9.23. The highest BCUT2D eigenvalue weighted by atomic mass is 35.5. The molecule has 2 aliphatic rings. The van der Waals surface area contributed by atoms with Crippen LogP contribution in [-0.4, -0.2) is 47.6 Å². The lowest BCUT2D eigenvalue weighted by atomic mass is 10.0. The Morgan fingerprint density at radius 1 is 1.26 bits per heavy atom. The Balaban J connectivity index is 1.67. The number of amides is 3. The molecule has 8 heteroatoms. The van der Waals surface area contributed by atoms with Crippen LogP contribution < -0.4 is 15.5 Å². The van der Waals surface area contributed by atoms with Crippen LogP contribution in [0.3, 0.4) is 0 Å². The van der Waals surface area contributed by atoms with Crippen LogP contribution in [0.15, 0.2) is 24.3 Å². The summed E-state index contributed by atoms with van der Waals surface area (Å²) < 4.78 is 0. The van der Waals surface area contributed by atoms with E-state index in [-0.39, 0.29) is 17.7 Å². The van der Waals surface area contributed by atoms with Crippen LogP contribution >= 0.6 is 11.6 Å². The molecule has 0 radical (unpaired) electrons. The minimum atomic E-state index is -1.08. The Morgan fingerprint density at radius 2 is 1.96 bits per heavy atom. The number of hydrogen-bond acceptors (Lipinski definition) is 4. The summed E-state index contributed by atoms with van der Waals surface area (Å²) in [6.45, 7) is 1.96. The average Bonchev–Trinajstić information content (AvgIpc) is 3.47. The molecule has 1 aromatic rings. The molecule has 7 nitrogen and oxygen atoms in total. The fraction of sp³-hybridized carbons (Fsp3) is 0.526. The number of aliphatic hydroxyl groups is 1. The van der Waals surface area contributed by atoms with E-state index in [1.807, 2.05) is 0 Å². The van der Waals surface area contributed by atoms with Gasteiger partial charge >= 0.3 is 0 Å². The second-order valence-corrected chi connectivity index (χ2v) is 7.55. The lowest BCUT2D eigenvalue weighted by Crippen LogP contribution is -2.59. The number of benzene rings is 1. The van der Waals surface area contributed by atoms with E-state index in [0.29, 0.717) is 30.1 Å². The van der Waals surface area contributed by atoms with Gasteiger partial charge in [-0.05, 0) is 44.7 Å². The van der Waals surface area contributed by atoms with Gasteiger partial charge in [0.25, 0.3) is 0 Å². The molecule has 3 rings (SSSR count). The highest BCUT2D eigenvalue weighted by Crippen LogP contribution is 2.29. The molecular formula is C19H24ClN3O4. The van der Waals surface area contributed by atoms with Crippen LogP contribution in [0, 0.1) is 5.92 Å². The summed E-state index contributed by atoms with van der Waals surface area (Å²) in [6, 6.07) is 5.26. The number of aliphatic hydroxyl groups excluding tert-OH is 1. The third kappa shape index (κ3) is 4.59. The van der Waals surface area contributed by atoms with Crippen molar-refractivity contribution in [1.82, 2.24) is 10.6 Å². The van der Waals surface area contributed by atoms with Crippen molar-refractivity contribution in [3.63, 3.8) is 0 Å². The van der Waals surface area contributed by atoms with Gasteiger partial charge in [0.15, 0.2) is 0 Å². The number of rotatable bonds is 6. The van der Waals surface area contributed by atoms with Gasteiger partial charge in [0.2, 0.25) is 17.7 Å². The molecule has 3 unspecified atom stereocenters. The molecule has 1 aliphatic heterocycles. The van der Waals surface area contributed by atoms with Crippen molar-refractivity contribution in [3.8, 4) is 0 Å². The van der Waals surface area contributed by atoms with E-state index in [4.69, 9.17) is 11.6 Å². The summed E-state index contributed by atoms with van der Waals surface area (Å²) in [5.74, 6) is -1.12. The Hall–Kier alpha value is -2.12. The van der Waals surface area contributed by atoms with Gasteiger partial charge in [-0.2, -0.15) is 0 Å². The monoisotopic (exact) mass is 393 g/mol. The lowest BCUT2D eigenvalue weighted by molar-refractivity contribution is -0.134. The van der Waals surface area contributed by atoms with Crippen molar-refractivity contribution in [1.29, 1.82) is 0 Å². The van der Waals surface area contributed by atoms with E-state index >= 15 is 0 Å². The van der Waals surface area contributed by atoms with Crippen molar-refractivity contribution in [2.24, 2.45) is 5.92 Å². The Labute approximate surface area is 163 Å². The summed E-state index contributed by atoms with van der Waals surface area (Å²) in [6.07, 6.45) is 1.73. The molecule has 3 amide bonds. The average molecular weight is 394 g/mol. The first-order valence-corrected chi connectivity index (χ1v) is 9.61. The summed E-state index contributed by atoms with van der Waals surface area (Å²) in [5, 5.41) is 15.6. The van der Waals surface area contributed by atoms with Crippen LogP contribution in [0.4, 0.5) is 5.69 Å². The van der Waals surface area contributed by atoms with Gasteiger partial charge in [0, 0.05) is 12.5 Å². The number of nitrogens with zero attached hydrogens (tertiary/aromatic N) is 1. The molecule has 1 heterocycles. The van der Waals surface area contributed by atoms with Crippen LogP contribution in [-0.2, 0) is 14.4 Å². The summed E-state index contributed by atoms with van der Waals surface area (Å²) in [4.78, 5) is 39.0. The van der Waals surface area contributed by atoms with Gasteiger partial charge in [-0.25, -0.2) is 0 Å². The van der Waals surface area contributed by atoms with Gasteiger partial charge in [-0.1, -0.05) is 23.7 Å². The molecular weight excluding hydrogens is 370 g/mol. The second-order valence-electron chi connectivity index (χ2n) is 7.15. The van der Waals surface area contributed by atoms with Crippen molar-refractivity contribution in [2.75, 3.05) is 11.4 Å². The topological polar surface area (TPSA) is 98.7 Å². The van der Waals surface area contributed by atoms with Crippen molar-refractivity contribution in [3.05, 3.63) is 29.3 Å². The number of carbonyl (C=O) groups is 3. The predicted molar refractivity (Wildman–Crippen MR) is 101 cm³/mol. The third-order valence-corrected chi connectivity index (χ3v) is 5.23. The van der Waals surface area contributed by atoms with E-state index in [0.717, 1.165) is 12.8 Å². The number of hydrogen-bond donors (Lipinski definition) is 3. The molecule has 1 aromatic carbocycles. The fourth-order valence-corrected chi connectivity index (χ4v) is 3.44. The van der Waals surface area contributed by atoms with Crippen LogP contribution in [0.25, 0.3) is 0 Å². The van der Waals surface area contributed by atoms with Gasteiger partial charge in [-0.15, -0.1) is 0 Å². The molecule has 0 aromatic heterocycles. The normalized spacial score (nSPS) is 22.1. The molecule has 3 atom stereocenters. The minimum absolute atomic E-state index is 0.0777. The Bertz CT molecular complexity index is 735. The molecule has 146 valence electrons. The summed E-state index contributed by atoms with van der Waals surface area (Å²) >= 11 is 6.20. The molecule has 1 saturated carbocycles. The molecule has 0 bridgehead atoms. The first kappa shape index (κ1) is 19.6. The third-order valence-electron chi connectivity index (χ3n) is 4.91. The van der Waals surface area contributed by atoms with Crippen molar-refractivity contribution >= 4 is 35.0 Å². The maximum absolute atomic E-state index is 12.8. The zero-order valence-corrected chi connectivity index (χ0v) is 15.9. The van der Waals surface area contributed by atoms with Gasteiger partial charge in [0.05, 0.1) is 16.8 Å². The van der Waals surface area contributed by atoms with Gasteiger partial charge in [-0.3, -0.25) is 14.4 Å². The highest BCUT2D eigenvalue weighted by molar-refractivity contribution is 6.33. The fourth-order valence-electron chi connectivity index (χ4n) is 3.20. The van der Waals surface area contributed by atoms with E-state index in [9.17, 15) is 19.5 Å².